The van der Waals surface area contributed by atoms with Crippen LogP contribution in [0.3, 0.4) is 0 Å². The molecule has 0 saturated carbocycles. The third-order valence-corrected chi connectivity index (χ3v) is 7.41. The Hall–Kier alpha value is -1.48. The van der Waals surface area contributed by atoms with Crippen molar-refractivity contribution >= 4 is 49.3 Å². The van der Waals surface area contributed by atoms with Crippen LogP contribution in [0.15, 0.2) is 5.16 Å². The number of nitrogens with one attached hydrogen (secondary N) is 1. The van der Waals surface area contributed by atoms with Crippen molar-refractivity contribution in [2.45, 2.75) is 63.5 Å². The summed E-state index contributed by atoms with van der Waals surface area (Å²) in [5.74, 6) is 0.899. The maximum Gasteiger partial charge on any atom is 0.189 e. The first-order valence-electron chi connectivity index (χ1n) is 10.1. The van der Waals surface area contributed by atoms with Gasteiger partial charge in [0.1, 0.15) is 10.6 Å². The van der Waals surface area contributed by atoms with Crippen LogP contribution in [0.1, 0.15) is 43.5 Å². The summed E-state index contributed by atoms with van der Waals surface area (Å²) in [5, 5.41) is 5.51. The summed E-state index contributed by atoms with van der Waals surface area (Å²) in [6, 6.07) is 0. The van der Waals surface area contributed by atoms with E-state index in [0.717, 1.165) is 64.1 Å². The highest BCUT2D eigenvalue weighted by molar-refractivity contribution is 7.98. The predicted octanol–water partition coefficient (Wildman–Crippen LogP) is 4.71. The number of pyridine rings is 1. The van der Waals surface area contributed by atoms with Crippen LogP contribution in [0, 0.1) is 6.92 Å². The second-order valence-electron chi connectivity index (χ2n) is 8.41. The molecule has 154 valence electrons. The summed E-state index contributed by atoms with van der Waals surface area (Å²) >= 11 is 3.26. The molecule has 5 heterocycles. The van der Waals surface area contributed by atoms with Crippen LogP contribution in [0.5, 0.6) is 0 Å². The molecule has 29 heavy (non-hydrogen) atoms. The molecular weight excluding hydrogens is 404 g/mol. The van der Waals surface area contributed by atoms with Crippen molar-refractivity contribution in [1.29, 1.82) is 0 Å². The fourth-order valence-electron chi connectivity index (χ4n) is 4.24. The van der Waals surface area contributed by atoms with E-state index in [1.54, 1.807) is 23.1 Å². The fourth-order valence-corrected chi connectivity index (χ4v) is 5.76. The van der Waals surface area contributed by atoms with E-state index in [9.17, 15) is 0 Å². The van der Waals surface area contributed by atoms with Crippen molar-refractivity contribution in [2.24, 2.45) is 0 Å². The number of fused-ring (bicyclic) bond motifs is 5. The summed E-state index contributed by atoms with van der Waals surface area (Å²) < 4.78 is 12.9. The molecule has 1 fully saturated rings. The molecule has 2 aliphatic rings. The fraction of sp³-hybridized carbons (Fsp3) is 0.571. The first-order chi connectivity index (χ1) is 13.9. The molecule has 1 saturated heterocycles. The molecule has 0 bridgehead atoms. The first kappa shape index (κ1) is 19.5. The topological polar surface area (TPSA) is 69.2 Å². The highest BCUT2D eigenvalue weighted by Crippen LogP contribution is 2.42. The number of aromatic nitrogens is 3. The number of anilines is 1. The standard InChI is InChI=1S/C21H26N4O2S2/c1-11-14-10-27-21(2,3)8-13(14)15-16-17(29-19(15)23-11)18(25-20(24-16)28-4)22-9-12-6-5-7-26-12/h12H,5-10H2,1-4H3,(H,22,24,25). The van der Waals surface area contributed by atoms with Crippen molar-refractivity contribution in [3.63, 3.8) is 0 Å². The zero-order chi connectivity index (χ0) is 20.2. The number of hydrogen-bond acceptors (Lipinski definition) is 8. The Morgan fingerprint density at radius 3 is 2.86 bits per heavy atom. The molecule has 2 aliphatic heterocycles. The minimum absolute atomic E-state index is 0.182. The largest absolute Gasteiger partial charge is 0.376 e. The first-order valence-corrected chi connectivity index (χ1v) is 12.2. The summed E-state index contributed by atoms with van der Waals surface area (Å²) in [6.07, 6.45) is 5.39. The van der Waals surface area contributed by atoms with Gasteiger partial charge >= 0.3 is 0 Å². The van der Waals surface area contributed by atoms with E-state index >= 15 is 0 Å². The smallest absolute Gasteiger partial charge is 0.189 e. The van der Waals surface area contributed by atoms with E-state index in [0.29, 0.717) is 6.61 Å². The Balaban J connectivity index is 1.68. The van der Waals surface area contributed by atoms with Gasteiger partial charge in [-0.1, -0.05) is 11.8 Å². The van der Waals surface area contributed by atoms with Crippen LogP contribution in [-0.2, 0) is 22.5 Å². The van der Waals surface area contributed by atoms with Crippen LogP contribution in [-0.4, -0.2) is 46.1 Å². The number of rotatable bonds is 4. The zero-order valence-corrected chi connectivity index (χ0v) is 18.9. The van der Waals surface area contributed by atoms with Crippen LogP contribution in [0.2, 0.25) is 0 Å². The Morgan fingerprint density at radius 2 is 2.10 bits per heavy atom. The van der Waals surface area contributed by atoms with Crippen molar-refractivity contribution < 1.29 is 9.47 Å². The van der Waals surface area contributed by atoms with Gasteiger partial charge in [0, 0.05) is 36.2 Å². The Labute approximate surface area is 178 Å². The molecule has 0 aliphatic carbocycles. The van der Waals surface area contributed by atoms with E-state index in [-0.39, 0.29) is 11.7 Å². The van der Waals surface area contributed by atoms with Crippen LogP contribution in [0.4, 0.5) is 5.82 Å². The molecule has 1 unspecified atom stereocenters. The van der Waals surface area contributed by atoms with Crippen molar-refractivity contribution in [3.8, 4) is 0 Å². The lowest BCUT2D eigenvalue weighted by atomic mass is 9.89. The summed E-state index contributed by atoms with van der Waals surface area (Å²) in [5.41, 5.74) is 4.45. The average molecular weight is 431 g/mol. The van der Waals surface area contributed by atoms with E-state index in [4.69, 9.17) is 24.4 Å². The molecule has 6 nitrogen and oxygen atoms in total. The second kappa shape index (κ2) is 7.34. The van der Waals surface area contributed by atoms with Crippen molar-refractivity contribution in [3.05, 3.63) is 16.8 Å². The molecule has 0 radical (unpaired) electrons. The molecule has 3 aromatic heterocycles. The van der Waals surface area contributed by atoms with Gasteiger partial charge in [-0.25, -0.2) is 15.0 Å². The third-order valence-electron chi connectivity index (χ3n) is 5.78. The minimum Gasteiger partial charge on any atom is -0.376 e. The number of thiophene rings is 1. The monoisotopic (exact) mass is 430 g/mol. The van der Waals surface area contributed by atoms with Crippen molar-refractivity contribution in [1.82, 2.24) is 15.0 Å². The number of ether oxygens (including phenoxy) is 2. The highest BCUT2D eigenvalue weighted by atomic mass is 32.2. The molecule has 0 spiro atoms. The van der Waals surface area contributed by atoms with Gasteiger partial charge in [0.05, 0.1) is 28.5 Å². The van der Waals surface area contributed by atoms with Gasteiger partial charge in [-0.05, 0) is 45.4 Å². The van der Waals surface area contributed by atoms with Gasteiger partial charge in [0.2, 0.25) is 0 Å². The Morgan fingerprint density at radius 1 is 1.24 bits per heavy atom. The molecule has 5 rings (SSSR count). The lowest BCUT2D eigenvalue weighted by Gasteiger charge is -2.32. The quantitative estimate of drug-likeness (QED) is 0.475. The average Bonchev–Trinajstić information content (AvgIpc) is 3.32. The van der Waals surface area contributed by atoms with Gasteiger partial charge < -0.3 is 14.8 Å². The maximum absolute atomic E-state index is 6.07. The second-order valence-corrected chi connectivity index (χ2v) is 10.2. The lowest BCUT2D eigenvalue weighted by molar-refractivity contribution is -0.0400. The molecule has 0 amide bonds. The summed E-state index contributed by atoms with van der Waals surface area (Å²) in [6.45, 7) is 8.64. The molecule has 3 aromatic rings. The summed E-state index contributed by atoms with van der Waals surface area (Å²) in [4.78, 5) is 15.7. The normalized spacial score (nSPS) is 21.0. The number of thioether (sulfide) groups is 1. The van der Waals surface area contributed by atoms with E-state index in [1.807, 2.05) is 6.26 Å². The molecule has 8 heteroatoms. The lowest BCUT2D eigenvalue weighted by Crippen LogP contribution is -2.32. The maximum atomic E-state index is 6.07. The molecule has 1 atom stereocenters. The van der Waals surface area contributed by atoms with Crippen LogP contribution < -0.4 is 5.32 Å². The van der Waals surface area contributed by atoms with Gasteiger partial charge in [0.25, 0.3) is 0 Å². The Kier molecular flexibility index (Phi) is 4.93. The number of hydrogen-bond donors (Lipinski definition) is 1. The molecule has 0 aromatic carbocycles. The third kappa shape index (κ3) is 3.50. The van der Waals surface area contributed by atoms with Crippen molar-refractivity contribution in [2.75, 3.05) is 24.7 Å². The van der Waals surface area contributed by atoms with E-state index in [1.165, 1.54) is 16.5 Å². The number of aryl methyl sites for hydroxylation is 1. The van der Waals surface area contributed by atoms with Gasteiger partial charge in [-0.3, -0.25) is 0 Å². The molecule has 1 N–H and O–H groups in total. The van der Waals surface area contributed by atoms with Crippen LogP contribution in [0.25, 0.3) is 20.4 Å². The number of nitrogens with zero attached hydrogens (tertiary/aromatic N) is 3. The van der Waals surface area contributed by atoms with E-state index < -0.39 is 0 Å². The van der Waals surface area contributed by atoms with Gasteiger partial charge in [-0.2, -0.15) is 0 Å². The minimum atomic E-state index is -0.182. The Bertz CT molecular complexity index is 1090. The van der Waals surface area contributed by atoms with E-state index in [2.05, 4.69) is 26.1 Å². The predicted molar refractivity (Wildman–Crippen MR) is 119 cm³/mol. The van der Waals surface area contributed by atoms with Crippen LogP contribution >= 0.6 is 23.1 Å². The summed E-state index contributed by atoms with van der Waals surface area (Å²) in [7, 11) is 0. The van der Waals surface area contributed by atoms with Gasteiger partial charge in [-0.15, -0.1) is 11.3 Å². The SMILES string of the molecule is CSc1nc(NCC2CCCO2)c2sc3nc(C)c4c(c3c2n1)CC(C)(C)OC4. The highest BCUT2D eigenvalue weighted by Gasteiger charge is 2.31. The molecular formula is C21H26N4O2S2. The zero-order valence-electron chi connectivity index (χ0n) is 17.3. The van der Waals surface area contributed by atoms with Gasteiger partial charge in [0.15, 0.2) is 5.16 Å².